The maximum atomic E-state index is 12.0. The van der Waals surface area contributed by atoms with Gasteiger partial charge in [0.2, 0.25) is 0 Å². The van der Waals surface area contributed by atoms with Gasteiger partial charge in [-0.25, -0.2) is 0 Å². The molecule has 0 bridgehead atoms. The predicted octanol–water partition coefficient (Wildman–Crippen LogP) is 3.50. The van der Waals surface area contributed by atoms with Crippen molar-refractivity contribution >= 4 is 11.8 Å². The lowest BCUT2D eigenvalue weighted by molar-refractivity contribution is -0.148. The van der Waals surface area contributed by atoms with Gasteiger partial charge in [0.05, 0.1) is 5.41 Å². The lowest BCUT2D eigenvalue weighted by Gasteiger charge is -2.52. The van der Waals surface area contributed by atoms with Gasteiger partial charge in [-0.05, 0) is 37.7 Å². The summed E-state index contributed by atoms with van der Waals surface area (Å²) in [6.07, 6.45) is 8.77. The molecule has 0 heterocycles. The fourth-order valence-corrected chi connectivity index (χ4v) is 4.62. The van der Waals surface area contributed by atoms with E-state index in [0.29, 0.717) is 18.6 Å². The minimum Gasteiger partial charge on any atom is -0.481 e. The molecule has 108 valence electrons. The van der Waals surface area contributed by atoms with Crippen molar-refractivity contribution in [2.75, 3.05) is 0 Å². The van der Waals surface area contributed by atoms with Crippen LogP contribution in [-0.2, 0) is 9.59 Å². The van der Waals surface area contributed by atoms with Crippen molar-refractivity contribution in [1.29, 1.82) is 0 Å². The van der Waals surface area contributed by atoms with Crippen molar-refractivity contribution in [3.05, 3.63) is 23.3 Å². The van der Waals surface area contributed by atoms with Crippen LogP contribution in [0.5, 0.6) is 0 Å². The summed E-state index contributed by atoms with van der Waals surface area (Å²) in [5.41, 5.74) is 1.32. The number of ketones is 1. The minimum absolute atomic E-state index is 0.0524. The highest BCUT2D eigenvalue weighted by Gasteiger charge is 2.55. The largest absolute Gasteiger partial charge is 0.481 e. The molecular weight excluding hydrogens is 252 g/mol. The average Bonchev–Trinajstić information content (AvgIpc) is 2.43. The minimum atomic E-state index is -0.712. The van der Waals surface area contributed by atoms with Crippen molar-refractivity contribution in [1.82, 2.24) is 0 Å². The lowest BCUT2D eigenvalue weighted by Crippen LogP contribution is -2.48. The van der Waals surface area contributed by atoms with Crippen LogP contribution in [0, 0.1) is 16.7 Å². The molecule has 3 atom stereocenters. The van der Waals surface area contributed by atoms with Gasteiger partial charge in [-0.15, -0.1) is 0 Å². The third-order valence-corrected chi connectivity index (χ3v) is 5.80. The van der Waals surface area contributed by atoms with Gasteiger partial charge in [0.1, 0.15) is 5.78 Å². The van der Waals surface area contributed by atoms with Crippen LogP contribution in [0.4, 0.5) is 0 Å². The Morgan fingerprint density at radius 1 is 1.35 bits per heavy atom. The maximum absolute atomic E-state index is 12.0. The number of carboxylic acids is 1. The Morgan fingerprint density at radius 3 is 2.80 bits per heavy atom. The summed E-state index contributed by atoms with van der Waals surface area (Å²) >= 11 is 0. The molecule has 0 spiro atoms. The molecule has 0 aromatic rings. The molecule has 0 aromatic carbocycles. The van der Waals surface area contributed by atoms with E-state index in [0.717, 1.165) is 31.3 Å². The molecule has 1 saturated carbocycles. The molecule has 0 aromatic heterocycles. The van der Waals surface area contributed by atoms with Gasteiger partial charge in [-0.3, -0.25) is 9.59 Å². The Labute approximate surface area is 119 Å². The zero-order chi connectivity index (χ0) is 14.5. The number of aliphatic carboxylic acids is 1. The van der Waals surface area contributed by atoms with Gasteiger partial charge in [0.15, 0.2) is 0 Å². The first kappa shape index (κ1) is 13.6. The number of carbonyl (C=O) groups excluding carboxylic acids is 1. The number of hydrogen-bond donors (Lipinski definition) is 1. The van der Waals surface area contributed by atoms with Gasteiger partial charge in [-0.2, -0.15) is 0 Å². The SMILES string of the molecule is CC1C(=O)CC[C@@]2(C)C1=CC[C@@]1(C(=O)O)CCCC=C21. The monoisotopic (exact) mass is 274 g/mol. The second-order valence-corrected chi connectivity index (χ2v) is 6.78. The van der Waals surface area contributed by atoms with Crippen LogP contribution in [0.15, 0.2) is 23.3 Å². The fraction of sp³-hybridized carbons (Fsp3) is 0.647. The first-order valence-corrected chi connectivity index (χ1v) is 7.59. The number of allylic oxidation sites excluding steroid dienone is 3. The molecule has 3 nitrogen and oxygen atoms in total. The standard InChI is InChI=1S/C17H22O3/c1-11-12-6-10-17(15(19)20)8-4-3-5-14(17)16(12,2)9-7-13(11)18/h5-6,11H,3-4,7-10H2,1-2H3,(H,19,20)/t11?,16-,17-/m0/s1. The first-order valence-electron chi connectivity index (χ1n) is 7.59. The smallest absolute Gasteiger partial charge is 0.314 e. The van der Waals surface area contributed by atoms with Gasteiger partial charge >= 0.3 is 5.97 Å². The van der Waals surface area contributed by atoms with Crippen molar-refractivity contribution in [3.8, 4) is 0 Å². The lowest BCUT2D eigenvalue weighted by atomic mass is 9.51. The van der Waals surface area contributed by atoms with Crippen LogP contribution < -0.4 is 0 Å². The van der Waals surface area contributed by atoms with E-state index in [-0.39, 0.29) is 11.3 Å². The van der Waals surface area contributed by atoms with Crippen LogP contribution in [0.1, 0.15) is 52.4 Å². The van der Waals surface area contributed by atoms with Gasteiger partial charge in [0.25, 0.3) is 0 Å². The van der Waals surface area contributed by atoms with Crippen molar-refractivity contribution in [3.63, 3.8) is 0 Å². The topological polar surface area (TPSA) is 54.4 Å². The average molecular weight is 274 g/mol. The molecule has 0 saturated heterocycles. The maximum Gasteiger partial charge on any atom is 0.314 e. The number of Topliss-reactive ketones (excluding diaryl/α,β-unsaturated/α-hetero) is 1. The highest BCUT2D eigenvalue weighted by atomic mass is 16.4. The van der Waals surface area contributed by atoms with Crippen LogP contribution in [0.2, 0.25) is 0 Å². The van der Waals surface area contributed by atoms with Gasteiger partial charge < -0.3 is 5.11 Å². The Bertz CT molecular complexity index is 542. The summed E-state index contributed by atoms with van der Waals surface area (Å²) in [4.78, 5) is 23.9. The number of hydrogen-bond acceptors (Lipinski definition) is 2. The summed E-state index contributed by atoms with van der Waals surface area (Å²) in [6, 6.07) is 0. The summed E-state index contributed by atoms with van der Waals surface area (Å²) in [7, 11) is 0. The van der Waals surface area contributed by atoms with Gasteiger partial charge in [0, 0.05) is 17.8 Å². The van der Waals surface area contributed by atoms with E-state index in [1.165, 1.54) is 5.57 Å². The third-order valence-electron chi connectivity index (χ3n) is 5.80. The highest BCUT2D eigenvalue weighted by molar-refractivity contribution is 5.87. The number of fused-ring (bicyclic) bond motifs is 3. The third kappa shape index (κ3) is 1.58. The Hall–Kier alpha value is -1.38. The second kappa shape index (κ2) is 4.31. The molecule has 1 N–H and O–H groups in total. The quantitative estimate of drug-likeness (QED) is 0.744. The van der Waals surface area contributed by atoms with Crippen molar-refractivity contribution in [2.45, 2.75) is 52.4 Å². The molecule has 0 amide bonds. The van der Waals surface area contributed by atoms with Gasteiger partial charge in [-0.1, -0.05) is 31.6 Å². The number of carbonyl (C=O) groups is 2. The first-order chi connectivity index (χ1) is 9.42. The van der Waals surface area contributed by atoms with Crippen molar-refractivity contribution in [2.24, 2.45) is 16.7 Å². The van der Waals surface area contributed by atoms with E-state index in [1.807, 2.05) is 6.92 Å². The summed E-state index contributed by atoms with van der Waals surface area (Å²) in [5.74, 6) is -0.444. The molecule has 0 radical (unpaired) electrons. The van der Waals surface area contributed by atoms with E-state index in [4.69, 9.17) is 0 Å². The summed E-state index contributed by atoms with van der Waals surface area (Å²) in [6.45, 7) is 4.12. The Balaban J connectivity index is 2.16. The van der Waals surface area contributed by atoms with Crippen molar-refractivity contribution < 1.29 is 14.7 Å². The van der Waals surface area contributed by atoms with Crippen LogP contribution in [-0.4, -0.2) is 16.9 Å². The summed E-state index contributed by atoms with van der Waals surface area (Å²) in [5, 5.41) is 9.81. The highest BCUT2D eigenvalue weighted by Crippen LogP contribution is 2.60. The molecule has 3 aliphatic rings. The molecule has 1 unspecified atom stereocenters. The second-order valence-electron chi connectivity index (χ2n) is 6.78. The molecule has 20 heavy (non-hydrogen) atoms. The van der Waals surface area contributed by atoms with Crippen LogP contribution in [0.25, 0.3) is 0 Å². The molecule has 0 aliphatic heterocycles. The number of carboxylic acid groups (broad SMARTS) is 1. The van der Waals surface area contributed by atoms with E-state index in [1.54, 1.807) is 0 Å². The molecular formula is C17H22O3. The Morgan fingerprint density at radius 2 is 2.10 bits per heavy atom. The molecule has 3 aliphatic carbocycles. The fourth-order valence-electron chi connectivity index (χ4n) is 4.62. The normalized spacial score (nSPS) is 40.3. The molecule has 3 heteroatoms. The predicted molar refractivity (Wildman–Crippen MR) is 76.2 cm³/mol. The molecule has 1 fully saturated rings. The summed E-state index contributed by atoms with van der Waals surface area (Å²) < 4.78 is 0. The number of rotatable bonds is 1. The zero-order valence-corrected chi connectivity index (χ0v) is 12.2. The van der Waals surface area contributed by atoms with E-state index in [2.05, 4.69) is 19.1 Å². The molecule has 3 rings (SSSR count). The van der Waals surface area contributed by atoms with E-state index in [9.17, 15) is 14.7 Å². The Kier molecular flexibility index (Phi) is 2.93. The van der Waals surface area contributed by atoms with E-state index < -0.39 is 11.4 Å². The van der Waals surface area contributed by atoms with Crippen LogP contribution >= 0.6 is 0 Å². The zero-order valence-electron chi connectivity index (χ0n) is 12.2. The van der Waals surface area contributed by atoms with Crippen LogP contribution in [0.3, 0.4) is 0 Å². The van der Waals surface area contributed by atoms with E-state index >= 15 is 0 Å².